The Morgan fingerprint density at radius 3 is 2.54 bits per heavy atom. The van der Waals surface area contributed by atoms with Gasteiger partial charge in [0.05, 0.1) is 5.69 Å². The fourth-order valence-corrected chi connectivity index (χ4v) is 1.16. The molecule has 66 valence electrons. The van der Waals surface area contributed by atoms with Gasteiger partial charge in [-0.15, -0.1) is 5.10 Å². The number of rotatable bonds is 2. The molecule has 4 heteroatoms. The molecule has 0 aliphatic rings. The molecule has 0 aliphatic carbocycles. The lowest BCUT2D eigenvalue weighted by Gasteiger charge is -1.99. The molecule has 0 spiro atoms. The van der Waals surface area contributed by atoms with E-state index in [1.54, 1.807) is 11.0 Å². The predicted octanol–water partition coefficient (Wildman–Crippen LogP) is 1.22. The Morgan fingerprint density at radius 1 is 1.23 bits per heavy atom. The van der Waals surface area contributed by atoms with E-state index in [4.69, 9.17) is 0 Å². The second-order valence-electron chi connectivity index (χ2n) is 2.77. The maximum Gasteiger partial charge on any atom is 0.143 e. The average molecular weight is 174 g/mol. The van der Waals surface area contributed by atoms with Gasteiger partial charge in [0.25, 0.3) is 0 Å². The van der Waals surface area contributed by atoms with Crippen LogP contribution in [0.2, 0.25) is 0 Å². The van der Waals surface area contributed by atoms with Gasteiger partial charge in [0, 0.05) is 0 Å². The Morgan fingerprint density at radius 2 is 2.00 bits per heavy atom. The molecule has 0 unspecified atom stereocenters. The van der Waals surface area contributed by atoms with Crippen LogP contribution in [0.1, 0.15) is 12.5 Å². The summed E-state index contributed by atoms with van der Waals surface area (Å²) in [6, 6.07) is 8.18. The van der Waals surface area contributed by atoms with E-state index in [-0.39, 0.29) is 0 Å². The Labute approximate surface area is 76.2 Å². The van der Waals surface area contributed by atoms with Gasteiger partial charge in [0.1, 0.15) is 6.33 Å². The SMILES string of the molecule is CCc1ccc(-n2cnnn2)cc1. The summed E-state index contributed by atoms with van der Waals surface area (Å²) in [6.45, 7) is 2.13. The predicted molar refractivity (Wildman–Crippen MR) is 48.5 cm³/mol. The van der Waals surface area contributed by atoms with Crippen molar-refractivity contribution in [2.24, 2.45) is 0 Å². The Hall–Kier alpha value is -1.71. The zero-order chi connectivity index (χ0) is 9.10. The fraction of sp³-hybridized carbons (Fsp3) is 0.222. The molecule has 0 aliphatic heterocycles. The minimum Gasteiger partial charge on any atom is -0.201 e. The highest BCUT2D eigenvalue weighted by Gasteiger charge is 1.96. The lowest BCUT2D eigenvalue weighted by molar-refractivity contribution is 0.788. The van der Waals surface area contributed by atoms with Gasteiger partial charge in [-0.2, -0.15) is 0 Å². The molecule has 0 fully saturated rings. The maximum absolute atomic E-state index is 3.80. The van der Waals surface area contributed by atoms with Gasteiger partial charge in [-0.1, -0.05) is 19.1 Å². The summed E-state index contributed by atoms with van der Waals surface area (Å²) in [6.07, 6.45) is 2.64. The van der Waals surface area contributed by atoms with Crippen molar-refractivity contribution in [3.05, 3.63) is 36.2 Å². The van der Waals surface area contributed by atoms with Crippen LogP contribution in [0.4, 0.5) is 0 Å². The van der Waals surface area contributed by atoms with Crippen molar-refractivity contribution in [2.75, 3.05) is 0 Å². The molecule has 2 rings (SSSR count). The first-order valence-corrected chi connectivity index (χ1v) is 4.22. The largest absolute Gasteiger partial charge is 0.201 e. The van der Waals surface area contributed by atoms with Crippen LogP contribution in [0.25, 0.3) is 5.69 Å². The van der Waals surface area contributed by atoms with Crippen LogP contribution < -0.4 is 0 Å². The van der Waals surface area contributed by atoms with E-state index < -0.39 is 0 Å². The topological polar surface area (TPSA) is 43.6 Å². The van der Waals surface area contributed by atoms with Crippen LogP contribution in [0.15, 0.2) is 30.6 Å². The van der Waals surface area contributed by atoms with Gasteiger partial charge in [0.15, 0.2) is 0 Å². The average Bonchev–Trinajstić information content (AvgIpc) is 2.71. The first-order valence-electron chi connectivity index (χ1n) is 4.22. The van der Waals surface area contributed by atoms with E-state index in [2.05, 4.69) is 34.6 Å². The van der Waals surface area contributed by atoms with Crippen molar-refractivity contribution in [1.29, 1.82) is 0 Å². The van der Waals surface area contributed by atoms with Crippen LogP contribution in [0.3, 0.4) is 0 Å². The zero-order valence-corrected chi connectivity index (χ0v) is 7.38. The summed E-state index contributed by atoms with van der Waals surface area (Å²) in [5.74, 6) is 0. The first kappa shape index (κ1) is 7.91. The number of aryl methyl sites for hydroxylation is 1. The van der Waals surface area contributed by atoms with Crippen LogP contribution in [0.5, 0.6) is 0 Å². The molecule has 0 N–H and O–H groups in total. The van der Waals surface area contributed by atoms with Crippen molar-refractivity contribution in [1.82, 2.24) is 20.2 Å². The summed E-state index contributed by atoms with van der Waals surface area (Å²) in [7, 11) is 0. The molecule has 1 heterocycles. The van der Waals surface area contributed by atoms with E-state index in [0.29, 0.717) is 0 Å². The summed E-state index contributed by atoms with van der Waals surface area (Å²) in [4.78, 5) is 0. The summed E-state index contributed by atoms with van der Waals surface area (Å²) in [5.41, 5.74) is 2.30. The summed E-state index contributed by atoms with van der Waals surface area (Å²) < 4.78 is 1.64. The van der Waals surface area contributed by atoms with Crippen molar-refractivity contribution in [3.63, 3.8) is 0 Å². The highest BCUT2D eigenvalue weighted by atomic mass is 15.5. The summed E-state index contributed by atoms with van der Waals surface area (Å²) in [5, 5.41) is 10.9. The lowest BCUT2D eigenvalue weighted by atomic mass is 10.1. The molecule has 13 heavy (non-hydrogen) atoms. The summed E-state index contributed by atoms with van der Waals surface area (Å²) >= 11 is 0. The Kier molecular flexibility index (Phi) is 2.04. The number of nitrogens with zero attached hydrogens (tertiary/aromatic N) is 4. The lowest BCUT2D eigenvalue weighted by Crippen LogP contribution is -1.94. The van der Waals surface area contributed by atoms with E-state index >= 15 is 0 Å². The Balaban J connectivity index is 2.33. The zero-order valence-electron chi connectivity index (χ0n) is 7.38. The van der Waals surface area contributed by atoms with E-state index in [1.165, 1.54) is 5.56 Å². The Bertz CT molecular complexity index is 363. The number of hydrogen-bond acceptors (Lipinski definition) is 3. The monoisotopic (exact) mass is 174 g/mol. The molecule has 0 saturated carbocycles. The van der Waals surface area contributed by atoms with Gasteiger partial charge < -0.3 is 0 Å². The number of aromatic nitrogens is 4. The number of hydrogen-bond donors (Lipinski definition) is 0. The third-order valence-corrected chi connectivity index (χ3v) is 1.96. The van der Waals surface area contributed by atoms with Crippen LogP contribution >= 0.6 is 0 Å². The minimum absolute atomic E-state index is 0.988. The molecule has 4 nitrogen and oxygen atoms in total. The third-order valence-electron chi connectivity index (χ3n) is 1.96. The van der Waals surface area contributed by atoms with Gasteiger partial charge in [-0.05, 0) is 34.5 Å². The second kappa shape index (κ2) is 3.35. The quantitative estimate of drug-likeness (QED) is 0.687. The third kappa shape index (κ3) is 1.56. The molecule has 1 aromatic heterocycles. The molecular formula is C9H10N4. The van der Waals surface area contributed by atoms with Gasteiger partial charge in [0.2, 0.25) is 0 Å². The van der Waals surface area contributed by atoms with Crippen molar-refractivity contribution in [2.45, 2.75) is 13.3 Å². The molecule has 0 saturated heterocycles. The van der Waals surface area contributed by atoms with E-state index in [9.17, 15) is 0 Å². The number of benzene rings is 1. The van der Waals surface area contributed by atoms with Crippen molar-refractivity contribution >= 4 is 0 Å². The van der Waals surface area contributed by atoms with Crippen LogP contribution in [-0.4, -0.2) is 20.2 Å². The van der Waals surface area contributed by atoms with Crippen LogP contribution in [0, 0.1) is 0 Å². The van der Waals surface area contributed by atoms with Gasteiger partial charge in [-0.3, -0.25) is 0 Å². The normalized spacial score (nSPS) is 10.2. The smallest absolute Gasteiger partial charge is 0.143 e. The highest BCUT2D eigenvalue weighted by Crippen LogP contribution is 2.07. The molecule has 1 aromatic carbocycles. The standard InChI is InChI=1S/C9H10N4/c1-2-8-3-5-9(6-4-8)13-7-10-11-12-13/h3-7H,2H2,1H3. The first-order chi connectivity index (χ1) is 6.40. The van der Waals surface area contributed by atoms with E-state index in [1.807, 2.05) is 12.1 Å². The number of tetrazole rings is 1. The molecule has 0 bridgehead atoms. The molecule has 0 amide bonds. The fourth-order valence-electron chi connectivity index (χ4n) is 1.16. The molecular weight excluding hydrogens is 164 g/mol. The second-order valence-corrected chi connectivity index (χ2v) is 2.77. The van der Waals surface area contributed by atoms with E-state index in [0.717, 1.165) is 12.1 Å². The van der Waals surface area contributed by atoms with Crippen molar-refractivity contribution < 1.29 is 0 Å². The molecule has 0 radical (unpaired) electrons. The molecule has 2 aromatic rings. The highest BCUT2D eigenvalue weighted by molar-refractivity contribution is 5.32. The maximum atomic E-state index is 3.80. The van der Waals surface area contributed by atoms with Crippen LogP contribution in [-0.2, 0) is 6.42 Å². The minimum atomic E-state index is 0.988. The van der Waals surface area contributed by atoms with Gasteiger partial charge in [-0.25, -0.2) is 4.68 Å². The van der Waals surface area contributed by atoms with Gasteiger partial charge >= 0.3 is 0 Å². The molecule has 0 atom stereocenters. The van der Waals surface area contributed by atoms with Crippen molar-refractivity contribution in [3.8, 4) is 5.69 Å².